The van der Waals surface area contributed by atoms with E-state index >= 15 is 0 Å². The number of benzene rings is 11. The monoisotopic (exact) mass is 760 g/mol. The second-order valence-corrected chi connectivity index (χ2v) is 16.1. The molecule has 0 aliphatic heterocycles. The second-order valence-electron chi connectivity index (χ2n) is 16.1. The number of nitrogens with zero attached hydrogens (tertiary/aromatic N) is 2. The van der Waals surface area contributed by atoms with E-state index in [9.17, 15) is 0 Å². The second kappa shape index (κ2) is 12.8. The summed E-state index contributed by atoms with van der Waals surface area (Å²) in [7, 11) is 0. The Morgan fingerprint density at radius 3 is 1.43 bits per heavy atom. The average Bonchev–Trinajstić information content (AvgIpc) is 3.65. The molecule has 13 rings (SSSR count). The van der Waals surface area contributed by atoms with Gasteiger partial charge in [0.05, 0.1) is 11.0 Å². The van der Waals surface area contributed by atoms with Crippen molar-refractivity contribution in [3.8, 4) is 16.8 Å². The molecule has 0 N–H and O–H groups in total. The van der Waals surface area contributed by atoms with Crippen LogP contribution >= 0.6 is 0 Å². The first-order chi connectivity index (χ1) is 29.8. The maximum atomic E-state index is 2.44. The summed E-state index contributed by atoms with van der Waals surface area (Å²) in [6, 6.07) is 80.7. The third-order valence-electron chi connectivity index (χ3n) is 12.8. The summed E-state index contributed by atoms with van der Waals surface area (Å²) in [6.45, 7) is 0. The molecule has 12 aromatic carbocycles. The molecule has 0 fully saturated rings. The van der Waals surface area contributed by atoms with Gasteiger partial charge in [0, 0.05) is 33.5 Å². The molecule has 2 heteroatoms. The zero-order valence-corrected chi connectivity index (χ0v) is 32.7. The van der Waals surface area contributed by atoms with Crippen molar-refractivity contribution < 1.29 is 0 Å². The number of para-hydroxylation sites is 3. The summed E-state index contributed by atoms with van der Waals surface area (Å²) in [5.74, 6) is 0. The van der Waals surface area contributed by atoms with E-state index in [2.05, 4.69) is 228 Å². The Labute approximate surface area is 346 Å². The van der Waals surface area contributed by atoms with E-state index in [1.165, 1.54) is 103 Å². The fourth-order valence-corrected chi connectivity index (χ4v) is 10.2. The fourth-order valence-electron chi connectivity index (χ4n) is 10.2. The highest BCUT2D eigenvalue weighted by atomic mass is 15.1. The van der Waals surface area contributed by atoms with E-state index in [1.807, 2.05) is 0 Å². The molecule has 0 radical (unpaired) electrons. The van der Waals surface area contributed by atoms with Crippen LogP contribution in [0.1, 0.15) is 0 Å². The van der Waals surface area contributed by atoms with Crippen LogP contribution in [0.2, 0.25) is 0 Å². The fraction of sp³-hybridized carbons (Fsp3) is 0. The Kier molecular flexibility index (Phi) is 7.05. The molecule has 1 aromatic heterocycles. The maximum Gasteiger partial charge on any atom is 0.0541 e. The third kappa shape index (κ3) is 4.82. The van der Waals surface area contributed by atoms with Gasteiger partial charge in [-0.25, -0.2) is 0 Å². The number of rotatable bonds is 5. The molecular weight excluding hydrogens is 725 g/mol. The standard InChI is InChI=1S/C58H36N2/c1-3-15-43(16-4-1)59(45-31-28-37(29-32-45)41-30-33-54-51(35-41)47-19-7-8-23-53(47)60(54)44-17-5-2-6-18-44)46-34-42-27-26-40-13-10-21-49-48-20-9-12-38-24-25-39-14-11-22-50(57(39)55(38)48)52(36-46)58(42)56(40)49/h1-36H. The highest BCUT2D eigenvalue weighted by molar-refractivity contribution is 6.37. The normalized spacial score (nSPS) is 12.0. The zero-order valence-electron chi connectivity index (χ0n) is 32.7. The van der Waals surface area contributed by atoms with Gasteiger partial charge in [0.15, 0.2) is 0 Å². The predicted molar refractivity (Wildman–Crippen MR) is 257 cm³/mol. The SMILES string of the molecule is c1ccc(N(c2ccc(-c3ccc4c(c3)c3ccccc3n4-c3ccccc3)cc2)c2cc3ccc4cccc5c6cccc7ccc8cccc(c(c2)c3c45)c8c76)cc1. The Bertz CT molecular complexity index is 3800. The topological polar surface area (TPSA) is 8.17 Å². The molecule has 0 unspecified atom stereocenters. The lowest BCUT2D eigenvalue weighted by Crippen LogP contribution is -2.10. The average molecular weight is 761 g/mol. The Morgan fingerprint density at radius 1 is 0.267 bits per heavy atom. The largest absolute Gasteiger partial charge is 0.310 e. The Balaban J connectivity index is 1.03. The van der Waals surface area contributed by atoms with Gasteiger partial charge in [0.2, 0.25) is 0 Å². The molecule has 60 heavy (non-hydrogen) atoms. The maximum absolute atomic E-state index is 2.44. The van der Waals surface area contributed by atoms with Gasteiger partial charge < -0.3 is 9.47 Å². The van der Waals surface area contributed by atoms with Crippen molar-refractivity contribution in [3.05, 3.63) is 218 Å². The van der Waals surface area contributed by atoms with E-state index in [-0.39, 0.29) is 0 Å². The van der Waals surface area contributed by atoms with E-state index < -0.39 is 0 Å². The molecule has 0 spiro atoms. The molecule has 2 nitrogen and oxygen atoms in total. The van der Waals surface area contributed by atoms with E-state index in [0.717, 1.165) is 17.1 Å². The highest BCUT2D eigenvalue weighted by Gasteiger charge is 2.20. The molecule has 0 aliphatic carbocycles. The van der Waals surface area contributed by atoms with Crippen LogP contribution in [-0.2, 0) is 0 Å². The zero-order chi connectivity index (χ0) is 39.3. The van der Waals surface area contributed by atoms with Crippen LogP contribution in [0.25, 0.3) is 103 Å². The summed E-state index contributed by atoms with van der Waals surface area (Å²) < 4.78 is 2.37. The van der Waals surface area contributed by atoms with Gasteiger partial charge in [-0.3, -0.25) is 0 Å². The first-order valence-electron chi connectivity index (χ1n) is 20.8. The number of fused-ring (bicyclic) bond motifs is 5. The summed E-state index contributed by atoms with van der Waals surface area (Å²) >= 11 is 0. The van der Waals surface area contributed by atoms with E-state index in [4.69, 9.17) is 0 Å². The van der Waals surface area contributed by atoms with Crippen LogP contribution in [-0.4, -0.2) is 4.57 Å². The molecule has 0 bridgehead atoms. The van der Waals surface area contributed by atoms with Crippen molar-refractivity contribution in [1.29, 1.82) is 0 Å². The number of aromatic nitrogens is 1. The minimum Gasteiger partial charge on any atom is -0.310 e. The van der Waals surface area contributed by atoms with Crippen LogP contribution in [0.3, 0.4) is 0 Å². The van der Waals surface area contributed by atoms with Crippen LogP contribution in [0, 0.1) is 0 Å². The molecule has 0 amide bonds. The molecule has 278 valence electrons. The third-order valence-corrected chi connectivity index (χ3v) is 12.8. The van der Waals surface area contributed by atoms with Crippen molar-refractivity contribution in [2.75, 3.05) is 4.90 Å². The van der Waals surface area contributed by atoms with Gasteiger partial charge in [-0.1, -0.05) is 152 Å². The summed E-state index contributed by atoms with van der Waals surface area (Å²) in [6.07, 6.45) is 0. The number of anilines is 3. The van der Waals surface area contributed by atoms with E-state index in [0.29, 0.717) is 0 Å². The van der Waals surface area contributed by atoms with Gasteiger partial charge in [0.1, 0.15) is 0 Å². The summed E-state index contributed by atoms with van der Waals surface area (Å²) in [4.78, 5) is 2.42. The predicted octanol–water partition coefficient (Wildman–Crippen LogP) is 16.3. The molecule has 0 atom stereocenters. The molecule has 0 saturated carbocycles. The molecule has 0 aliphatic rings. The highest BCUT2D eigenvalue weighted by Crippen LogP contribution is 2.46. The molecule has 13 aromatic rings. The Morgan fingerprint density at radius 2 is 0.767 bits per heavy atom. The minimum atomic E-state index is 1.11. The lowest BCUT2D eigenvalue weighted by molar-refractivity contribution is 1.18. The van der Waals surface area contributed by atoms with Crippen molar-refractivity contribution >= 4 is 104 Å². The van der Waals surface area contributed by atoms with Gasteiger partial charge in [-0.05, 0) is 142 Å². The van der Waals surface area contributed by atoms with Gasteiger partial charge in [-0.15, -0.1) is 0 Å². The van der Waals surface area contributed by atoms with Crippen molar-refractivity contribution in [2.45, 2.75) is 0 Å². The molecule has 1 heterocycles. The summed E-state index contributed by atoms with van der Waals surface area (Å²) in [5.41, 5.74) is 9.32. The van der Waals surface area contributed by atoms with Crippen LogP contribution in [0.5, 0.6) is 0 Å². The lowest BCUT2D eigenvalue weighted by Gasteiger charge is -2.27. The first kappa shape index (κ1) is 33.1. The first-order valence-corrected chi connectivity index (χ1v) is 20.8. The molecular formula is C58H36N2. The quantitative estimate of drug-likeness (QED) is 0.159. The van der Waals surface area contributed by atoms with Crippen molar-refractivity contribution in [3.63, 3.8) is 0 Å². The van der Waals surface area contributed by atoms with Gasteiger partial charge in [0.25, 0.3) is 0 Å². The van der Waals surface area contributed by atoms with Crippen LogP contribution < -0.4 is 4.90 Å². The van der Waals surface area contributed by atoms with Gasteiger partial charge >= 0.3 is 0 Å². The lowest BCUT2D eigenvalue weighted by atomic mass is 9.87. The smallest absolute Gasteiger partial charge is 0.0541 e. The van der Waals surface area contributed by atoms with Crippen molar-refractivity contribution in [1.82, 2.24) is 4.57 Å². The summed E-state index contributed by atoms with van der Waals surface area (Å²) in [5, 5.41) is 17.9. The van der Waals surface area contributed by atoms with Crippen molar-refractivity contribution in [2.24, 2.45) is 0 Å². The van der Waals surface area contributed by atoms with E-state index in [1.54, 1.807) is 0 Å². The minimum absolute atomic E-state index is 1.11. The Hall–Kier alpha value is -7.94. The number of hydrogen-bond acceptors (Lipinski definition) is 1. The number of hydrogen-bond donors (Lipinski definition) is 0. The van der Waals surface area contributed by atoms with Gasteiger partial charge in [-0.2, -0.15) is 0 Å². The van der Waals surface area contributed by atoms with Crippen LogP contribution in [0.15, 0.2) is 218 Å². The van der Waals surface area contributed by atoms with Crippen LogP contribution in [0.4, 0.5) is 17.1 Å². The molecule has 0 saturated heterocycles.